The molecule has 0 unspecified atom stereocenters. The second kappa shape index (κ2) is 6.39. The molecule has 0 aromatic rings. The summed E-state index contributed by atoms with van der Waals surface area (Å²) in [4.78, 5) is 25.3. The molecule has 1 rings (SSSR count). The lowest BCUT2D eigenvalue weighted by molar-refractivity contribution is -0.137. The van der Waals surface area contributed by atoms with Gasteiger partial charge in [0.25, 0.3) is 0 Å². The molecule has 0 saturated carbocycles. The van der Waals surface area contributed by atoms with Crippen LogP contribution in [-0.2, 0) is 15.6 Å². The highest BCUT2D eigenvalue weighted by molar-refractivity contribution is 7.85. The first-order valence-electron chi connectivity index (χ1n) is 5.26. The van der Waals surface area contributed by atoms with Gasteiger partial charge in [-0.1, -0.05) is 6.08 Å². The fourth-order valence-corrected chi connectivity index (χ4v) is 2.61. The summed E-state index contributed by atoms with van der Waals surface area (Å²) < 4.78 is 11.2. The Balaban J connectivity index is 2.60. The summed E-state index contributed by atoms with van der Waals surface area (Å²) in [6.07, 6.45) is 1.49. The number of hydrogen-bond donors (Lipinski definition) is 1. The fourth-order valence-electron chi connectivity index (χ4n) is 1.56. The van der Waals surface area contributed by atoms with E-state index in [0.29, 0.717) is 24.6 Å². The molecule has 0 radical (unpaired) electrons. The third-order valence-corrected chi connectivity index (χ3v) is 3.67. The molecule has 1 N–H and O–H groups in total. The van der Waals surface area contributed by atoms with E-state index in [0.717, 1.165) is 0 Å². The Labute approximate surface area is 102 Å². The van der Waals surface area contributed by atoms with Crippen molar-refractivity contribution in [2.75, 3.05) is 37.7 Å². The molecule has 0 atom stereocenters. The van der Waals surface area contributed by atoms with Crippen LogP contribution in [0.4, 0.5) is 4.79 Å². The van der Waals surface area contributed by atoms with Crippen LogP contribution < -0.4 is 0 Å². The zero-order valence-corrected chi connectivity index (χ0v) is 10.3. The van der Waals surface area contributed by atoms with Gasteiger partial charge in [-0.05, 0) is 0 Å². The van der Waals surface area contributed by atoms with Crippen molar-refractivity contribution >= 4 is 22.8 Å². The maximum absolute atomic E-state index is 12.0. The Bertz CT molecular complexity index is 335. The van der Waals surface area contributed by atoms with Crippen LogP contribution in [0.1, 0.15) is 0 Å². The standard InChI is InChI=1S/C10H16N2O4S/c1-2-3-12(8-9(13)14)10(15)11-4-6-17(16)7-5-11/h2H,1,3-8H2,(H,13,14). The number of hydrogen-bond acceptors (Lipinski definition) is 3. The summed E-state index contributed by atoms with van der Waals surface area (Å²) in [5.74, 6) is -0.137. The molecule has 1 aliphatic heterocycles. The van der Waals surface area contributed by atoms with Crippen LogP contribution in [0.15, 0.2) is 12.7 Å². The molecule has 0 aliphatic carbocycles. The minimum Gasteiger partial charge on any atom is -0.480 e. The van der Waals surface area contributed by atoms with Gasteiger partial charge >= 0.3 is 12.0 Å². The van der Waals surface area contributed by atoms with E-state index in [1.807, 2.05) is 0 Å². The first kappa shape index (κ1) is 13.7. The summed E-state index contributed by atoms with van der Waals surface area (Å²) in [6.45, 7) is 4.18. The highest BCUT2D eigenvalue weighted by Gasteiger charge is 2.25. The second-order valence-corrected chi connectivity index (χ2v) is 5.38. The Morgan fingerprint density at radius 3 is 2.47 bits per heavy atom. The molecule has 0 bridgehead atoms. The molecule has 0 spiro atoms. The van der Waals surface area contributed by atoms with Gasteiger partial charge in [0.15, 0.2) is 0 Å². The number of aliphatic carboxylic acids is 1. The molecule has 7 heteroatoms. The molecule has 1 aliphatic rings. The van der Waals surface area contributed by atoms with Gasteiger partial charge in [0.1, 0.15) is 6.54 Å². The third kappa shape index (κ3) is 4.18. The summed E-state index contributed by atoms with van der Waals surface area (Å²) in [6, 6.07) is -0.330. The third-order valence-electron chi connectivity index (χ3n) is 2.39. The number of amides is 2. The minimum absolute atomic E-state index is 0.199. The molecule has 96 valence electrons. The minimum atomic E-state index is -1.05. The van der Waals surface area contributed by atoms with E-state index in [9.17, 15) is 13.8 Å². The van der Waals surface area contributed by atoms with E-state index in [1.54, 1.807) is 0 Å². The molecule has 0 aromatic carbocycles. The lowest BCUT2D eigenvalue weighted by atomic mass is 10.4. The van der Waals surface area contributed by atoms with Crippen molar-refractivity contribution in [1.82, 2.24) is 9.80 Å². The number of carbonyl (C=O) groups is 2. The monoisotopic (exact) mass is 260 g/mol. The molecular weight excluding hydrogens is 244 g/mol. The van der Waals surface area contributed by atoms with Crippen LogP contribution >= 0.6 is 0 Å². The number of carbonyl (C=O) groups excluding carboxylic acids is 1. The predicted molar refractivity (Wildman–Crippen MR) is 64.3 cm³/mol. The first-order chi connectivity index (χ1) is 8.04. The normalized spacial score (nSPS) is 16.6. The van der Waals surface area contributed by atoms with Crippen LogP contribution in [0, 0.1) is 0 Å². The van der Waals surface area contributed by atoms with Crippen molar-refractivity contribution in [3.8, 4) is 0 Å². The summed E-state index contributed by atoms with van der Waals surface area (Å²) in [7, 11) is -0.854. The number of carboxylic acid groups (broad SMARTS) is 1. The van der Waals surface area contributed by atoms with E-state index >= 15 is 0 Å². The van der Waals surface area contributed by atoms with Crippen molar-refractivity contribution in [2.45, 2.75) is 0 Å². The van der Waals surface area contributed by atoms with E-state index in [1.165, 1.54) is 15.9 Å². The average molecular weight is 260 g/mol. The maximum Gasteiger partial charge on any atom is 0.323 e. The average Bonchev–Trinajstić information content (AvgIpc) is 2.28. The number of urea groups is 1. The van der Waals surface area contributed by atoms with Gasteiger partial charge in [-0.3, -0.25) is 9.00 Å². The zero-order chi connectivity index (χ0) is 12.8. The summed E-state index contributed by atoms with van der Waals surface area (Å²) >= 11 is 0. The smallest absolute Gasteiger partial charge is 0.323 e. The maximum atomic E-state index is 12.0. The molecule has 17 heavy (non-hydrogen) atoms. The summed E-state index contributed by atoms with van der Waals surface area (Å²) in [5, 5.41) is 8.70. The van der Waals surface area contributed by atoms with Gasteiger partial charge in [0, 0.05) is 41.9 Å². The van der Waals surface area contributed by atoms with E-state index in [-0.39, 0.29) is 19.1 Å². The Hall–Kier alpha value is -1.37. The number of carboxylic acids is 1. The molecular formula is C10H16N2O4S. The Morgan fingerprint density at radius 1 is 1.41 bits per heavy atom. The van der Waals surface area contributed by atoms with Crippen molar-refractivity contribution in [3.63, 3.8) is 0 Å². The molecule has 0 aromatic heterocycles. The van der Waals surface area contributed by atoms with Gasteiger partial charge in [0.2, 0.25) is 0 Å². The number of rotatable bonds is 4. The van der Waals surface area contributed by atoms with Crippen molar-refractivity contribution in [3.05, 3.63) is 12.7 Å². The van der Waals surface area contributed by atoms with Gasteiger partial charge in [-0.15, -0.1) is 6.58 Å². The van der Waals surface area contributed by atoms with Crippen LogP contribution in [0.25, 0.3) is 0 Å². The largest absolute Gasteiger partial charge is 0.480 e. The first-order valence-corrected chi connectivity index (χ1v) is 6.75. The molecule has 6 nitrogen and oxygen atoms in total. The quantitative estimate of drug-likeness (QED) is 0.707. The second-order valence-electron chi connectivity index (χ2n) is 3.68. The van der Waals surface area contributed by atoms with Gasteiger partial charge in [-0.25, -0.2) is 4.79 Å². The number of nitrogens with zero attached hydrogens (tertiary/aromatic N) is 2. The van der Waals surface area contributed by atoms with Crippen LogP contribution in [0.2, 0.25) is 0 Å². The fraction of sp³-hybridized carbons (Fsp3) is 0.600. The SMILES string of the molecule is C=CCN(CC(=O)O)C(=O)N1CCS(=O)CC1. The Kier molecular flexibility index (Phi) is 5.14. The van der Waals surface area contributed by atoms with E-state index in [4.69, 9.17) is 5.11 Å². The van der Waals surface area contributed by atoms with Crippen LogP contribution in [0.5, 0.6) is 0 Å². The lowest BCUT2D eigenvalue weighted by Crippen LogP contribution is -2.50. The van der Waals surface area contributed by atoms with Gasteiger partial charge < -0.3 is 14.9 Å². The Morgan fingerprint density at radius 2 is 2.00 bits per heavy atom. The summed E-state index contributed by atoms with van der Waals surface area (Å²) in [5.41, 5.74) is 0. The zero-order valence-electron chi connectivity index (χ0n) is 9.50. The molecule has 1 heterocycles. The molecule has 1 fully saturated rings. The predicted octanol–water partition coefficient (Wildman–Crippen LogP) is -0.257. The topological polar surface area (TPSA) is 77.9 Å². The highest BCUT2D eigenvalue weighted by Crippen LogP contribution is 2.05. The van der Waals surface area contributed by atoms with Crippen LogP contribution in [0.3, 0.4) is 0 Å². The lowest BCUT2D eigenvalue weighted by Gasteiger charge is -2.31. The molecule has 2 amide bonds. The van der Waals surface area contributed by atoms with Crippen LogP contribution in [-0.4, -0.2) is 68.8 Å². The van der Waals surface area contributed by atoms with E-state index in [2.05, 4.69) is 6.58 Å². The van der Waals surface area contributed by atoms with Gasteiger partial charge in [-0.2, -0.15) is 0 Å². The molecule has 1 saturated heterocycles. The van der Waals surface area contributed by atoms with E-state index < -0.39 is 16.8 Å². The van der Waals surface area contributed by atoms with Crippen molar-refractivity contribution in [2.24, 2.45) is 0 Å². The van der Waals surface area contributed by atoms with Gasteiger partial charge in [0.05, 0.1) is 0 Å². The highest BCUT2D eigenvalue weighted by atomic mass is 32.2. The van der Waals surface area contributed by atoms with Crippen molar-refractivity contribution < 1.29 is 18.9 Å². The van der Waals surface area contributed by atoms with Crippen molar-refractivity contribution in [1.29, 1.82) is 0 Å².